The molecule has 0 saturated heterocycles. The van der Waals surface area contributed by atoms with E-state index in [9.17, 15) is 5.11 Å². The standard InChI is InChI=1S/C15H21ClN6O/c1-21-11(9-3-2-4-10(9)20-21)6-22-5-8(7-23)12-13(16)18-15(17)19-14(12)22/h8,10,20,23H,2-7H2,1H3,(H2,17,18,19). The summed E-state index contributed by atoms with van der Waals surface area (Å²) in [6.07, 6.45) is 3.58. The lowest BCUT2D eigenvalue weighted by Crippen LogP contribution is -2.37. The van der Waals surface area contributed by atoms with Gasteiger partial charge in [0.25, 0.3) is 0 Å². The number of hydrogen-bond donors (Lipinski definition) is 3. The molecule has 4 N–H and O–H groups in total. The number of nitrogens with one attached hydrogen (secondary N) is 1. The summed E-state index contributed by atoms with van der Waals surface area (Å²) in [5.74, 6) is 0.860. The first-order valence-electron chi connectivity index (χ1n) is 7.99. The highest BCUT2D eigenvalue weighted by Gasteiger charge is 2.37. The molecule has 1 aromatic heterocycles. The monoisotopic (exact) mass is 336 g/mol. The number of aliphatic hydroxyl groups is 1. The van der Waals surface area contributed by atoms with Crippen LogP contribution in [0.2, 0.25) is 5.15 Å². The highest BCUT2D eigenvalue weighted by molar-refractivity contribution is 6.30. The normalized spacial score (nSPS) is 26.2. The summed E-state index contributed by atoms with van der Waals surface area (Å²) in [5, 5.41) is 12.2. The van der Waals surface area contributed by atoms with E-state index in [1.165, 1.54) is 24.1 Å². The van der Waals surface area contributed by atoms with Crippen LogP contribution < -0.4 is 16.1 Å². The molecule has 0 radical (unpaired) electrons. The summed E-state index contributed by atoms with van der Waals surface area (Å²) in [6, 6.07) is 0.477. The van der Waals surface area contributed by atoms with Crippen LogP contribution in [0.4, 0.5) is 11.8 Å². The van der Waals surface area contributed by atoms with Gasteiger partial charge in [0, 0.05) is 36.8 Å². The summed E-state index contributed by atoms with van der Waals surface area (Å²) in [4.78, 5) is 10.6. The Kier molecular flexibility index (Phi) is 3.59. The predicted molar refractivity (Wildman–Crippen MR) is 89.1 cm³/mol. The van der Waals surface area contributed by atoms with E-state index in [0.29, 0.717) is 17.7 Å². The third-order valence-electron chi connectivity index (χ3n) is 5.09. The van der Waals surface area contributed by atoms with E-state index in [2.05, 4.69) is 32.4 Å². The molecule has 2 aliphatic heterocycles. The van der Waals surface area contributed by atoms with Gasteiger partial charge < -0.3 is 20.7 Å². The van der Waals surface area contributed by atoms with E-state index < -0.39 is 0 Å². The number of rotatable bonds is 3. The van der Waals surface area contributed by atoms with Crippen molar-refractivity contribution in [1.82, 2.24) is 20.4 Å². The van der Waals surface area contributed by atoms with Gasteiger partial charge in [-0.3, -0.25) is 0 Å². The lowest BCUT2D eigenvalue weighted by Gasteiger charge is -2.25. The van der Waals surface area contributed by atoms with Crippen molar-refractivity contribution >= 4 is 23.4 Å². The maximum absolute atomic E-state index is 9.68. The fourth-order valence-electron chi connectivity index (χ4n) is 4.02. The zero-order valence-electron chi connectivity index (χ0n) is 13.1. The number of hydrazine groups is 1. The molecule has 23 heavy (non-hydrogen) atoms. The van der Waals surface area contributed by atoms with Crippen molar-refractivity contribution < 1.29 is 5.11 Å². The third kappa shape index (κ3) is 2.34. The van der Waals surface area contributed by atoms with Crippen LogP contribution in [0.5, 0.6) is 0 Å². The molecular formula is C15H21ClN6O. The fourth-order valence-corrected chi connectivity index (χ4v) is 4.34. The van der Waals surface area contributed by atoms with E-state index in [1.54, 1.807) is 0 Å². The molecule has 124 valence electrons. The van der Waals surface area contributed by atoms with Crippen LogP contribution in [0, 0.1) is 0 Å². The summed E-state index contributed by atoms with van der Waals surface area (Å²) in [5.41, 5.74) is 12.9. The third-order valence-corrected chi connectivity index (χ3v) is 5.38. The molecule has 0 bridgehead atoms. The van der Waals surface area contributed by atoms with Crippen LogP contribution in [-0.4, -0.2) is 52.9 Å². The van der Waals surface area contributed by atoms with Gasteiger partial charge in [0.05, 0.1) is 13.2 Å². The Morgan fingerprint density at radius 1 is 1.43 bits per heavy atom. The fraction of sp³-hybridized carbons (Fsp3) is 0.600. The smallest absolute Gasteiger partial charge is 0.223 e. The Hall–Kier alpha value is -1.57. The number of halogens is 1. The van der Waals surface area contributed by atoms with Crippen molar-refractivity contribution in [2.45, 2.75) is 31.2 Å². The number of aliphatic hydroxyl groups excluding tert-OH is 1. The van der Waals surface area contributed by atoms with Crippen LogP contribution in [0.25, 0.3) is 0 Å². The minimum absolute atomic E-state index is 0.0269. The van der Waals surface area contributed by atoms with Crippen LogP contribution in [0.15, 0.2) is 11.3 Å². The van der Waals surface area contributed by atoms with E-state index in [0.717, 1.165) is 24.3 Å². The van der Waals surface area contributed by atoms with Crippen molar-refractivity contribution in [1.29, 1.82) is 0 Å². The molecule has 3 heterocycles. The molecule has 8 heteroatoms. The lowest BCUT2D eigenvalue weighted by molar-refractivity contribution is 0.269. The summed E-state index contributed by atoms with van der Waals surface area (Å²) in [6.45, 7) is 1.45. The molecule has 1 saturated carbocycles. The van der Waals surface area contributed by atoms with Crippen molar-refractivity contribution in [3.8, 4) is 0 Å². The Labute approximate surface area is 140 Å². The summed E-state index contributed by atoms with van der Waals surface area (Å²) >= 11 is 6.24. The minimum Gasteiger partial charge on any atom is -0.396 e. The average molecular weight is 337 g/mol. The zero-order valence-corrected chi connectivity index (χ0v) is 13.8. The molecule has 3 aliphatic rings. The quantitative estimate of drug-likeness (QED) is 0.705. The lowest BCUT2D eigenvalue weighted by atomic mass is 10.1. The van der Waals surface area contributed by atoms with Gasteiger partial charge in [0.2, 0.25) is 5.95 Å². The van der Waals surface area contributed by atoms with Crippen molar-refractivity contribution in [2.24, 2.45) is 0 Å². The van der Waals surface area contributed by atoms with Crippen molar-refractivity contribution in [2.75, 3.05) is 37.4 Å². The molecule has 0 spiro atoms. The van der Waals surface area contributed by atoms with Crippen LogP contribution >= 0.6 is 11.6 Å². The Morgan fingerprint density at radius 2 is 2.26 bits per heavy atom. The summed E-state index contributed by atoms with van der Waals surface area (Å²) in [7, 11) is 2.06. The molecule has 0 amide bonds. The average Bonchev–Trinajstić information content (AvgIpc) is 3.15. The van der Waals surface area contributed by atoms with E-state index >= 15 is 0 Å². The molecule has 0 aromatic carbocycles. The first kappa shape index (κ1) is 15.0. The number of anilines is 2. The van der Waals surface area contributed by atoms with E-state index in [4.69, 9.17) is 17.3 Å². The topological polar surface area (TPSA) is 90.5 Å². The van der Waals surface area contributed by atoms with Gasteiger partial charge in [0.1, 0.15) is 11.0 Å². The first-order chi connectivity index (χ1) is 11.1. The second-order valence-electron chi connectivity index (χ2n) is 6.47. The molecule has 2 atom stereocenters. The van der Waals surface area contributed by atoms with Gasteiger partial charge >= 0.3 is 0 Å². The van der Waals surface area contributed by atoms with Gasteiger partial charge in [0.15, 0.2) is 0 Å². The van der Waals surface area contributed by atoms with Gasteiger partial charge in [-0.25, -0.2) is 10.4 Å². The first-order valence-corrected chi connectivity index (χ1v) is 8.36. The Morgan fingerprint density at radius 3 is 3.04 bits per heavy atom. The van der Waals surface area contributed by atoms with Gasteiger partial charge in [-0.1, -0.05) is 11.6 Å². The SMILES string of the molecule is CN1NC2CCCC2=C1CN1CC(CO)c2c(Cl)nc(N)nc21. The molecule has 2 unspecified atom stereocenters. The highest BCUT2D eigenvalue weighted by Crippen LogP contribution is 2.41. The van der Waals surface area contributed by atoms with Gasteiger partial charge in [-0.15, -0.1) is 0 Å². The molecule has 1 fully saturated rings. The maximum atomic E-state index is 9.68. The largest absolute Gasteiger partial charge is 0.396 e. The number of aromatic nitrogens is 2. The van der Waals surface area contributed by atoms with E-state index in [1.807, 2.05) is 0 Å². The minimum atomic E-state index is -0.0669. The molecule has 1 aromatic rings. The second kappa shape index (κ2) is 5.51. The van der Waals surface area contributed by atoms with Crippen LogP contribution in [0.3, 0.4) is 0 Å². The second-order valence-corrected chi connectivity index (χ2v) is 6.83. The highest BCUT2D eigenvalue weighted by atomic mass is 35.5. The number of hydrogen-bond acceptors (Lipinski definition) is 7. The number of nitrogen functional groups attached to an aromatic ring is 1. The van der Waals surface area contributed by atoms with Crippen LogP contribution in [-0.2, 0) is 0 Å². The van der Waals surface area contributed by atoms with E-state index in [-0.39, 0.29) is 18.5 Å². The maximum Gasteiger partial charge on any atom is 0.223 e. The number of fused-ring (bicyclic) bond motifs is 2. The summed E-state index contributed by atoms with van der Waals surface area (Å²) < 4.78 is 0. The van der Waals surface area contributed by atoms with Gasteiger partial charge in [-0.05, 0) is 24.8 Å². The van der Waals surface area contributed by atoms with Crippen molar-refractivity contribution in [3.05, 3.63) is 22.0 Å². The van der Waals surface area contributed by atoms with Crippen LogP contribution in [0.1, 0.15) is 30.7 Å². The number of nitrogens with zero attached hydrogens (tertiary/aromatic N) is 4. The molecule has 7 nitrogen and oxygen atoms in total. The number of nitrogens with two attached hydrogens (primary N) is 1. The Bertz CT molecular complexity index is 678. The zero-order chi connectivity index (χ0) is 16.1. The van der Waals surface area contributed by atoms with Gasteiger partial charge in [-0.2, -0.15) is 4.98 Å². The molecule has 4 rings (SSSR count). The van der Waals surface area contributed by atoms with Crippen molar-refractivity contribution in [3.63, 3.8) is 0 Å². The molecule has 1 aliphatic carbocycles. The molecular weight excluding hydrogens is 316 g/mol. The predicted octanol–water partition coefficient (Wildman–Crippen LogP) is 0.865. The number of likely N-dealkylation sites (N-methyl/N-ethyl adjacent to an activating group) is 1. The Balaban J connectivity index is 1.68.